The summed E-state index contributed by atoms with van der Waals surface area (Å²) in [4.78, 5) is 34.6. The molecule has 0 aliphatic carbocycles. The highest BCUT2D eigenvalue weighted by Gasteiger charge is 2.09. The van der Waals surface area contributed by atoms with Crippen LogP contribution < -0.4 is 21.5 Å². The number of aryl methyl sites for hydroxylation is 2. The number of carbonyl (C=O) groups excluding carboxylic acids is 3. The standard InChI is InChI=1S/C16H22N4O3S/c1-4-13(21)18-16(24)20-19-15(23)8-7-14(22)17-12-6-5-10(2)9-11(12)3/h5-6,9H,4,7-8H2,1-3H3,(H,17,22)(H,19,23)(H2,18,20,21,24). The Hall–Kier alpha value is -2.48. The van der Waals surface area contributed by atoms with Gasteiger partial charge in [0.2, 0.25) is 17.7 Å². The summed E-state index contributed by atoms with van der Waals surface area (Å²) in [6.07, 6.45) is 0.317. The second kappa shape index (κ2) is 9.61. The van der Waals surface area contributed by atoms with E-state index in [0.29, 0.717) is 0 Å². The van der Waals surface area contributed by atoms with E-state index < -0.39 is 5.91 Å². The minimum atomic E-state index is -0.404. The van der Waals surface area contributed by atoms with Gasteiger partial charge in [0.1, 0.15) is 0 Å². The molecule has 0 aliphatic rings. The zero-order valence-corrected chi connectivity index (χ0v) is 14.8. The van der Waals surface area contributed by atoms with E-state index in [9.17, 15) is 14.4 Å². The third kappa shape index (κ3) is 7.19. The summed E-state index contributed by atoms with van der Waals surface area (Å²) < 4.78 is 0. The maximum Gasteiger partial charge on any atom is 0.238 e. The fourth-order valence-corrected chi connectivity index (χ4v) is 1.99. The van der Waals surface area contributed by atoms with Gasteiger partial charge in [0, 0.05) is 24.9 Å². The van der Waals surface area contributed by atoms with Gasteiger partial charge in [0.25, 0.3) is 0 Å². The molecule has 3 amide bonds. The molecule has 8 heteroatoms. The highest BCUT2D eigenvalue weighted by atomic mass is 32.1. The number of hydrazine groups is 1. The lowest BCUT2D eigenvalue weighted by Crippen LogP contribution is -2.48. The third-order valence-electron chi connectivity index (χ3n) is 3.12. The van der Waals surface area contributed by atoms with E-state index >= 15 is 0 Å². The monoisotopic (exact) mass is 350 g/mol. The van der Waals surface area contributed by atoms with Gasteiger partial charge in [0.05, 0.1) is 0 Å². The van der Waals surface area contributed by atoms with Gasteiger partial charge in [-0.05, 0) is 37.7 Å². The van der Waals surface area contributed by atoms with Gasteiger partial charge in [-0.25, -0.2) is 0 Å². The van der Waals surface area contributed by atoms with Crippen LogP contribution in [0.5, 0.6) is 0 Å². The largest absolute Gasteiger partial charge is 0.326 e. The number of hydrogen-bond donors (Lipinski definition) is 4. The first kappa shape index (κ1) is 19.6. The van der Waals surface area contributed by atoms with Gasteiger partial charge in [-0.3, -0.25) is 25.2 Å². The maximum absolute atomic E-state index is 11.9. The Morgan fingerprint density at radius 2 is 1.67 bits per heavy atom. The lowest BCUT2D eigenvalue weighted by Gasteiger charge is -2.11. The van der Waals surface area contributed by atoms with Gasteiger partial charge in [-0.15, -0.1) is 0 Å². The normalized spacial score (nSPS) is 9.79. The van der Waals surface area contributed by atoms with Gasteiger partial charge < -0.3 is 10.6 Å². The van der Waals surface area contributed by atoms with Crippen molar-refractivity contribution < 1.29 is 14.4 Å². The molecule has 0 unspecified atom stereocenters. The Morgan fingerprint density at radius 3 is 2.29 bits per heavy atom. The average Bonchev–Trinajstić information content (AvgIpc) is 2.53. The second-order valence-corrected chi connectivity index (χ2v) is 5.68. The zero-order valence-electron chi connectivity index (χ0n) is 14.0. The molecule has 0 atom stereocenters. The van der Waals surface area contributed by atoms with Crippen LogP contribution in [0.1, 0.15) is 37.3 Å². The number of amides is 3. The molecule has 0 saturated heterocycles. The van der Waals surface area contributed by atoms with E-state index in [1.165, 1.54) is 0 Å². The summed E-state index contributed by atoms with van der Waals surface area (Å²) in [5.41, 5.74) is 7.54. The van der Waals surface area contributed by atoms with Crippen LogP contribution in [0.15, 0.2) is 18.2 Å². The smallest absolute Gasteiger partial charge is 0.238 e. The van der Waals surface area contributed by atoms with Crippen molar-refractivity contribution in [3.8, 4) is 0 Å². The molecule has 24 heavy (non-hydrogen) atoms. The van der Waals surface area contributed by atoms with E-state index in [-0.39, 0.29) is 36.2 Å². The van der Waals surface area contributed by atoms with Gasteiger partial charge in [-0.2, -0.15) is 0 Å². The van der Waals surface area contributed by atoms with E-state index in [1.54, 1.807) is 6.92 Å². The molecular formula is C16H22N4O3S. The average molecular weight is 350 g/mol. The fraction of sp³-hybridized carbons (Fsp3) is 0.375. The number of rotatable bonds is 5. The highest BCUT2D eigenvalue weighted by molar-refractivity contribution is 7.80. The van der Waals surface area contributed by atoms with Crippen molar-refractivity contribution in [1.82, 2.24) is 16.2 Å². The molecule has 130 valence electrons. The van der Waals surface area contributed by atoms with Crippen LogP contribution in [-0.4, -0.2) is 22.8 Å². The first-order valence-electron chi connectivity index (χ1n) is 7.57. The van der Waals surface area contributed by atoms with Crippen molar-refractivity contribution in [3.63, 3.8) is 0 Å². The summed E-state index contributed by atoms with van der Waals surface area (Å²) in [7, 11) is 0. The zero-order chi connectivity index (χ0) is 18.1. The number of thiocarbonyl (C=S) groups is 1. The quantitative estimate of drug-likeness (QED) is 0.476. The molecule has 0 fully saturated rings. The van der Waals surface area contributed by atoms with Gasteiger partial charge in [0.15, 0.2) is 5.11 Å². The third-order valence-corrected chi connectivity index (χ3v) is 3.33. The molecule has 0 spiro atoms. The van der Waals surface area contributed by atoms with Crippen LogP contribution in [0.25, 0.3) is 0 Å². The van der Waals surface area contributed by atoms with Crippen LogP contribution in [0.3, 0.4) is 0 Å². The molecule has 0 aromatic heterocycles. The Morgan fingerprint density at radius 1 is 1.00 bits per heavy atom. The fourth-order valence-electron chi connectivity index (χ4n) is 1.83. The molecule has 1 aromatic rings. The van der Waals surface area contributed by atoms with Crippen LogP contribution in [0, 0.1) is 13.8 Å². The van der Waals surface area contributed by atoms with Gasteiger partial charge in [-0.1, -0.05) is 24.6 Å². The molecule has 0 bridgehead atoms. The first-order valence-corrected chi connectivity index (χ1v) is 7.98. The van der Waals surface area contributed by atoms with E-state index in [1.807, 2.05) is 32.0 Å². The van der Waals surface area contributed by atoms with Crippen LogP contribution in [-0.2, 0) is 14.4 Å². The van der Waals surface area contributed by atoms with Crippen LogP contribution in [0.4, 0.5) is 5.69 Å². The van der Waals surface area contributed by atoms with Crippen LogP contribution >= 0.6 is 12.2 Å². The Bertz CT molecular complexity index is 646. The van der Waals surface area contributed by atoms with E-state index in [2.05, 4.69) is 21.5 Å². The van der Waals surface area contributed by atoms with Crippen molar-refractivity contribution in [2.24, 2.45) is 0 Å². The second-order valence-electron chi connectivity index (χ2n) is 5.27. The molecule has 7 nitrogen and oxygen atoms in total. The minimum Gasteiger partial charge on any atom is -0.326 e. The summed E-state index contributed by atoms with van der Waals surface area (Å²) in [5.74, 6) is -0.910. The number of carbonyl (C=O) groups is 3. The number of anilines is 1. The molecule has 1 aromatic carbocycles. The molecule has 0 saturated carbocycles. The molecule has 4 N–H and O–H groups in total. The Kier molecular flexibility index (Phi) is 7.84. The minimum absolute atomic E-state index is 0.00587. The number of nitrogens with one attached hydrogen (secondary N) is 4. The lowest BCUT2D eigenvalue weighted by molar-refractivity contribution is -0.124. The number of benzene rings is 1. The summed E-state index contributed by atoms with van der Waals surface area (Å²) in [6.45, 7) is 5.57. The summed E-state index contributed by atoms with van der Waals surface area (Å²) in [5, 5.41) is 5.16. The Labute approximate surface area is 146 Å². The topological polar surface area (TPSA) is 99.3 Å². The summed E-state index contributed by atoms with van der Waals surface area (Å²) in [6, 6.07) is 5.71. The highest BCUT2D eigenvalue weighted by Crippen LogP contribution is 2.16. The molecule has 0 aliphatic heterocycles. The maximum atomic E-state index is 11.9. The van der Waals surface area contributed by atoms with Gasteiger partial charge >= 0.3 is 0 Å². The molecule has 1 rings (SSSR count). The molecule has 0 radical (unpaired) electrons. The van der Waals surface area contributed by atoms with Crippen molar-refractivity contribution in [2.75, 3.05) is 5.32 Å². The van der Waals surface area contributed by atoms with Crippen molar-refractivity contribution in [3.05, 3.63) is 29.3 Å². The SMILES string of the molecule is CCC(=O)NC(=S)NNC(=O)CCC(=O)Nc1ccc(C)cc1C. The molecular weight excluding hydrogens is 328 g/mol. The van der Waals surface area contributed by atoms with Crippen LogP contribution in [0.2, 0.25) is 0 Å². The first-order chi connectivity index (χ1) is 11.3. The summed E-state index contributed by atoms with van der Waals surface area (Å²) >= 11 is 4.83. The molecule has 0 heterocycles. The van der Waals surface area contributed by atoms with E-state index in [4.69, 9.17) is 12.2 Å². The Balaban J connectivity index is 2.32. The lowest BCUT2D eigenvalue weighted by atomic mass is 10.1. The predicted molar refractivity (Wildman–Crippen MR) is 96.1 cm³/mol. The van der Waals surface area contributed by atoms with Crippen molar-refractivity contribution in [1.29, 1.82) is 0 Å². The number of hydrogen-bond acceptors (Lipinski definition) is 4. The van der Waals surface area contributed by atoms with E-state index in [0.717, 1.165) is 16.8 Å². The predicted octanol–water partition coefficient (Wildman–Crippen LogP) is 1.45. The van der Waals surface area contributed by atoms with Crippen molar-refractivity contribution in [2.45, 2.75) is 40.0 Å². The van der Waals surface area contributed by atoms with Crippen molar-refractivity contribution >= 4 is 40.7 Å².